The quantitative estimate of drug-likeness (QED) is 0.220. The lowest BCUT2D eigenvalue weighted by molar-refractivity contribution is 0.351. The fraction of sp³-hybridized carbons (Fsp3) is 0.895. The lowest BCUT2D eigenvalue weighted by atomic mass is 10.0. The van der Waals surface area contributed by atoms with Gasteiger partial charge in [-0.1, -0.05) is 71.4 Å². The van der Waals surface area contributed by atoms with Crippen molar-refractivity contribution >= 4 is 0 Å². The maximum absolute atomic E-state index is 5.75. The van der Waals surface area contributed by atoms with Crippen LogP contribution in [-0.2, 0) is 4.74 Å². The third-order valence-corrected chi connectivity index (χ3v) is 4.22. The van der Waals surface area contributed by atoms with E-state index in [9.17, 15) is 0 Å². The molecule has 2 atom stereocenters. The molecule has 0 spiro atoms. The van der Waals surface area contributed by atoms with E-state index in [0.29, 0.717) is 12.2 Å². The van der Waals surface area contributed by atoms with Crippen LogP contribution in [0.15, 0.2) is 12.2 Å². The molecule has 0 aliphatic carbocycles. The van der Waals surface area contributed by atoms with Gasteiger partial charge in [0, 0.05) is 0 Å². The van der Waals surface area contributed by atoms with Crippen molar-refractivity contribution in [2.75, 3.05) is 0 Å². The second-order valence-electron chi connectivity index (χ2n) is 6.79. The van der Waals surface area contributed by atoms with Crippen LogP contribution in [0.3, 0.4) is 0 Å². The molecule has 1 saturated heterocycles. The predicted molar refractivity (Wildman–Crippen MR) is 89.1 cm³/mol. The second kappa shape index (κ2) is 11.4. The summed E-state index contributed by atoms with van der Waals surface area (Å²) in [5, 5.41) is 0. The van der Waals surface area contributed by atoms with Gasteiger partial charge in [0.1, 0.15) is 0 Å². The molecule has 0 N–H and O–H groups in total. The summed E-state index contributed by atoms with van der Waals surface area (Å²) in [6.45, 7) is 6.89. The van der Waals surface area contributed by atoms with Gasteiger partial charge < -0.3 is 4.74 Å². The van der Waals surface area contributed by atoms with Crippen molar-refractivity contribution < 1.29 is 4.74 Å². The normalized spacial score (nSPS) is 22.0. The molecule has 1 rings (SSSR count). The average Bonchev–Trinajstić information content (AvgIpc) is 3.16. The van der Waals surface area contributed by atoms with E-state index in [4.69, 9.17) is 4.74 Å². The molecule has 0 saturated carbocycles. The van der Waals surface area contributed by atoms with Crippen molar-refractivity contribution in [3.63, 3.8) is 0 Å². The highest BCUT2D eigenvalue weighted by molar-refractivity contribution is 4.89. The zero-order valence-corrected chi connectivity index (χ0v) is 14.1. The first-order valence-corrected chi connectivity index (χ1v) is 9.04. The van der Waals surface area contributed by atoms with E-state index in [1.807, 2.05) is 0 Å². The average molecular weight is 280 g/mol. The monoisotopic (exact) mass is 280 g/mol. The topological polar surface area (TPSA) is 12.5 Å². The smallest absolute Gasteiger partial charge is 0.0844 e. The van der Waals surface area contributed by atoms with Crippen LogP contribution in [0.1, 0.15) is 91.4 Å². The number of hydrogen-bond donors (Lipinski definition) is 0. The first kappa shape index (κ1) is 17.8. The molecule has 0 aromatic heterocycles. The third kappa shape index (κ3) is 9.58. The van der Waals surface area contributed by atoms with Gasteiger partial charge in [-0.2, -0.15) is 0 Å². The highest BCUT2D eigenvalue weighted by atomic mass is 16.6. The Bertz CT molecular complexity index is 244. The van der Waals surface area contributed by atoms with Gasteiger partial charge in [-0.25, -0.2) is 0 Å². The molecule has 118 valence electrons. The Labute approximate surface area is 127 Å². The summed E-state index contributed by atoms with van der Waals surface area (Å²) in [6, 6.07) is 0. The Hall–Kier alpha value is -0.300. The lowest BCUT2D eigenvalue weighted by Crippen LogP contribution is -1.95. The molecular weight excluding hydrogens is 244 g/mol. The Kier molecular flexibility index (Phi) is 10.1. The van der Waals surface area contributed by atoms with Gasteiger partial charge in [0.25, 0.3) is 0 Å². The molecule has 0 radical (unpaired) electrons. The molecule has 20 heavy (non-hydrogen) atoms. The minimum absolute atomic E-state index is 0.582. The van der Waals surface area contributed by atoms with E-state index >= 15 is 0 Å². The summed E-state index contributed by atoms with van der Waals surface area (Å²) >= 11 is 0. The van der Waals surface area contributed by atoms with E-state index in [0.717, 1.165) is 5.92 Å². The number of unbranched alkanes of at least 4 members (excludes halogenated alkanes) is 5. The number of epoxide rings is 1. The third-order valence-electron chi connectivity index (χ3n) is 4.22. The van der Waals surface area contributed by atoms with E-state index < -0.39 is 0 Å². The van der Waals surface area contributed by atoms with Crippen molar-refractivity contribution in [3.8, 4) is 0 Å². The maximum Gasteiger partial charge on any atom is 0.0844 e. The van der Waals surface area contributed by atoms with Gasteiger partial charge in [0.2, 0.25) is 0 Å². The predicted octanol–water partition coefficient (Wildman–Crippen LogP) is 6.28. The van der Waals surface area contributed by atoms with E-state index in [2.05, 4.69) is 32.9 Å². The summed E-state index contributed by atoms with van der Waals surface area (Å²) in [7, 11) is 0. The van der Waals surface area contributed by atoms with Gasteiger partial charge in [-0.15, -0.1) is 0 Å². The first-order chi connectivity index (χ1) is 9.74. The van der Waals surface area contributed by atoms with Gasteiger partial charge >= 0.3 is 0 Å². The molecule has 0 bridgehead atoms. The largest absolute Gasteiger partial charge is 0.370 e. The summed E-state index contributed by atoms with van der Waals surface area (Å²) in [5.41, 5.74) is 0. The zero-order chi connectivity index (χ0) is 14.6. The molecule has 2 unspecified atom stereocenters. The van der Waals surface area contributed by atoms with Gasteiger partial charge in [-0.3, -0.25) is 0 Å². The van der Waals surface area contributed by atoms with Crippen LogP contribution < -0.4 is 0 Å². The van der Waals surface area contributed by atoms with Crippen molar-refractivity contribution in [3.05, 3.63) is 12.2 Å². The van der Waals surface area contributed by atoms with Crippen molar-refractivity contribution in [2.24, 2.45) is 5.92 Å². The number of hydrogen-bond acceptors (Lipinski definition) is 1. The van der Waals surface area contributed by atoms with Crippen LogP contribution in [0.4, 0.5) is 0 Å². The van der Waals surface area contributed by atoms with Crippen molar-refractivity contribution in [1.29, 1.82) is 0 Å². The van der Waals surface area contributed by atoms with Crippen LogP contribution in [0, 0.1) is 5.92 Å². The molecule has 1 fully saturated rings. The van der Waals surface area contributed by atoms with Crippen molar-refractivity contribution in [1.82, 2.24) is 0 Å². The number of rotatable bonds is 13. The second-order valence-corrected chi connectivity index (χ2v) is 6.79. The van der Waals surface area contributed by atoms with Gasteiger partial charge in [-0.05, 0) is 38.0 Å². The summed E-state index contributed by atoms with van der Waals surface area (Å²) in [4.78, 5) is 0. The fourth-order valence-corrected chi connectivity index (χ4v) is 2.77. The molecule has 1 aliphatic rings. The van der Waals surface area contributed by atoms with E-state index in [1.54, 1.807) is 0 Å². The number of ether oxygens (including phenoxy) is 1. The Morgan fingerprint density at radius 1 is 0.850 bits per heavy atom. The molecule has 1 heterocycles. The Morgan fingerprint density at radius 2 is 1.60 bits per heavy atom. The van der Waals surface area contributed by atoms with Crippen molar-refractivity contribution in [2.45, 2.75) is 104 Å². The summed E-state index contributed by atoms with van der Waals surface area (Å²) in [5.74, 6) is 0.855. The highest BCUT2D eigenvalue weighted by Gasteiger charge is 2.36. The minimum atomic E-state index is 0.582. The Balaban J connectivity index is 1.84. The minimum Gasteiger partial charge on any atom is -0.370 e. The van der Waals surface area contributed by atoms with Crippen LogP contribution >= 0.6 is 0 Å². The zero-order valence-electron chi connectivity index (χ0n) is 14.1. The SMILES string of the molecule is CCCCCC/C=C/CCC1OC1CCCCC(C)C. The van der Waals surface area contributed by atoms with Gasteiger partial charge in [0.15, 0.2) is 0 Å². The first-order valence-electron chi connectivity index (χ1n) is 9.04. The molecule has 1 aliphatic heterocycles. The standard InChI is InChI=1S/C19H36O/c1-4-5-6-7-8-9-10-11-15-18-19(20-18)16-13-12-14-17(2)3/h9-10,17-19H,4-8,11-16H2,1-3H3/b10-9+. The molecule has 0 aromatic rings. The summed E-state index contributed by atoms with van der Waals surface area (Å²) < 4.78 is 5.75. The summed E-state index contributed by atoms with van der Waals surface area (Å²) in [6.07, 6.45) is 20.5. The fourth-order valence-electron chi connectivity index (χ4n) is 2.77. The Morgan fingerprint density at radius 3 is 2.35 bits per heavy atom. The van der Waals surface area contributed by atoms with E-state index in [1.165, 1.54) is 70.6 Å². The maximum atomic E-state index is 5.75. The van der Waals surface area contributed by atoms with Gasteiger partial charge in [0.05, 0.1) is 12.2 Å². The van der Waals surface area contributed by atoms with Crippen LogP contribution in [0.5, 0.6) is 0 Å². The van der Waals surface area contributed by atoms with Crippen LogP contribution in [-0.4, -0.2) is 12.2 Å². The molecule has 1 nitrogen and oxygen atoms in total. The molecule has 1 heteroatoms. The highest BCUT2D eigenvalue weighted by Crippen LogP contribution is 2.31. The van der Waals surface area contributed by atoms with E-state index in [-0.39, 0.29) is 0 Å². The molecule has 0 aromatic carbocycles. The van der Waals surface area contributed by atoms with Crippen LogP contribution in [0.25, 0.3) is 0 Å². The number of allylic oxidation sites excluding steroid dienone is 2. The molecule has 0 amide bonds. The molecular formula is C19H36O. The van der Waals surface area contributed by atoms with Crippen LogP contribution in [0.2, 0.25) is 0 Å². The lowest BCUT2D eigenvalue weighted by Gasteiger charge is -2.02.